The molecular formula is C19H23N5O2. The summed E-state index contributed by atoms with van der Waals surface area (Å²) >= 11 is 0. The van der Waals surface area contributed by atoms with Crippen molar-refractivity contribution in [1.29, 1.82) is 0 Å². The van der Waals surface area contributed by atoms with Crippen LogP contribution >= 0.6 is 0 Å². The van der Waals surface area contributed by atoms with Crippen molar-refractivity contribution < 1.29 is 9.26 Å². The lowest BCUT2D eigenvalue weighted by Gasteiger charge is -2.21. The molecule has 2 aromatic heterocycles. The predicted octanol–water partition coefficient (Wildman–Crippen LogP) is 2.99. The second-order valence-electron chi connectivity index (χ2n) is 6.60. The molecule has 4 rings (SSSR count). The summed E-state index contributed by atoms with van der Waals surface area (Å²) in [5, 5.41) is 3.93. The molecule has 136 valence electrons. The van der Waals surface area contributed by atoms with E-state index in [4.69, 9.17) is 9.26 Å². The van der Waals surface area contributed by atoms with Gasteiger partial charge in [-0.25, -0.2) is 4.98 Å². The van der Waals surface area contributed by atoms with Gasteiger partial charge in [0.1, 0.15) is 12.4 Å². The average molecular weight is 353 g/mol. The normalized spacial score (nSPS) is 17.7. The third kappa shape index (κ3) is 3.94. The van der Waals surface area contributed by atoms with E-state index in [1.54, 1.807) is 12.5 Å². The largest absolute Gasteiger partial charge is 0.492 e. The summed E-state index contributed by atoms with van der Waals surface area (Å²) in [6.07, 6.45) is 7.72. The number of aryl methyl sites for hydroxylation is 1. The van der Waals surface area contributed by atoms with Gasteiger partial charge in [0.2, 0.25) is 5.89 Å². The first-order chi connectivity index (χ1) is 12.8. The van der Waals surface area contributed by atoms with E-state index in [-0.39, 0.29) is 6.04 Å². The molecule has 7 nitrogen and oxygen atoms in total. The third-order valence-corrected chi connectivity index (χ3v) is 4.68. The van der Waals surface area contributed by atoms with Crippen LogP contribution < -0.4 is 4.74 Å². The lowest BCUT2D eigenvalue weighted by atomic mass is 10.1. The Morgan fingerprint density at radius 3 is 2.88 bits per heavy atom. The van der Waals surface area contributed by atoms with Crippen molar-refractivity contribution in [2.24, 2.45) is 0 Å². The molecule has 1 atom stereocenters. The second kappa shape index (κ2) is 7.70. The molecule has 0 radical (unpaired) electrons. The van der Waals surface area contributed by atoms with Crippen LogP contribution in [0.2, 0.25) is 0 Å². The highest BCUT2D eigenvalue weighted by Gasteiger charge is 2.30. The van der Waals surface area contributed by atoms with E-state index in [1.807, 2.05) is 29.8 Å². The maximum atomic E-state index is 5.80. The first-order valence-electron chi connectivity index (χ1n) is 9.00. The number of likely N-dealkylation sites (tertiary alicyclic amines) is 1. The lowest BCUT2D eigenvalue weighted by molar-refractivity contribution is 0.201. The minimum absolute atomic E-state index is 0.224. The Labute approximate surface area is 152 Å². The van der Waals surface area contributed by atoms with Crippen molar-refractivity contribution in [3.8, 4) is 5.75 Å². The quantitative estimate of drug-likeness (QED) is 0.650. The maximum Gasteiger partial charge on any atom is 0.243 e. The number of hydrogen-bond donors (Lipinski definition) is 0. The molecule has 0 N–H and O–H groups in total. The molecule has 26 heavy (non-hydrogen) atoms. The van der Waals surface area contributed by atoms with Crippen LogP contribution in [0.1, 0.15) is 36.2 Å². The van der Waals surface area contributed by atoms with Crippen molar-refractivity contribution in [3.05, 3.63) is 60.3 Å². The summed E-state index contributed by atoms with van der Waals surface area (Å²) in [6, 6.07) is 8.54. The Bertz CT molecular complexity index is 813. The Kier molecular flexibility index (Phi) is 4.97. The van der Waals surface area contributed by atoms with Crippen molar-refractivity contribution >= 4 is 0 Å². The fourth-order valence-corrected chi connectivity index (χ4v) is 3.36. The molecule has 1 saturated heterocycles. The number of imidazole rings is 1. The van der Waals surface area contributed by atoms with Gasteiger partial charge in [0.05, 0.1) is 18.9 Å². The Balaban J connectivity index is 1.32. The first kappa shape index (κ1) is 16.8. The van der Waals surface area contributed by atoms with Crippen LogP contribution in [0, 0.1) is 6.92 Å². The van der Waals surface area contributed by atoms with E-state index in [2.05, 4.69) is 32.2 Å². The van der Waals surface area contributed by atoms with E-state index >= 15 is 0 Å². The minimum Gasteiger partial charge on any atom is -0.492 e. The van der Waals surface area contributed by atoms with E-state index in [0.29, 0.717) is 12.4 Å². The number of benzene rings is 1. The highest BCUT2D eigenvalue weighted by molar-refractivity contribution is 5.27. The maximum absolute atomic E-state index is 5.80. The van der Waals surface area contributed by atoms with Gasteiger partial charge in [0.25, 0.3) is 0 Å². The molecule has 3 heterocycles. The molecular weight excluding hydrogens is 330 g/mol. The Morgan fingerprint density at radius 1 is 1.27 bits per heavy atom. The Hall–Kier alpha value is -2.67. The molecule has 0 amide bonds. The molecule has 0 spiro atoms. The Morgan fingerprint density at radius 2 is 2.15 bits per heavy atom. The second-order valence-corrected chi connectivity index (χ2v) is 6.60. The molecule has 0 unspecified atom stereocenters. The molecule has 1 aliphatic heterocycles. The van der Waals surface area contributed by atoms with Crippen LogP contribution in [0.4, 0.5) is 0 Å². The van der Waals surface area contributed by atoms with Crippen LogP contribution in [0.15, 0.2) is 47.5 Å². The van der Waals surface area contributed by atoms with Crippen molar-refractivity contribution in [2.75, 3.05) is 13.2 Å². The zero-order valence-electron chi connectivity index (χ0n) is 14.9. The van der Waals surface area contributed by atoms with Crippen molar-refractivity contribution in [3.63, 3.8) is 0 Å². The monoisotopic (exact) mass is 353 g/mol. The third-order valence-electron chi connectivity index (χ3n) is 4.68. The van der Waals surface area contributed by atoms with Gasteiger partial charge in [-0.05, 0) is 44.0 Å². The van der Waals surface area contributed by atoms with E-state index < -0.39 is 0 Å². The fourth-order valence-electron chi connectivity index (χ4n) is 3.36. The summed E-state index contributed by atoms with van der Waals surface area (Å²) in [5.74, 6) is 2.32. The van der Waals surface area contributed by atoms with Gasteiger partial charge < -0.3 is 13.8 Å². The van der Waals surface area contributed by atoms with Gasteiger partial charge in [-0.1, -0.05) is 17.3 Å². The molecule has 0 saturated carbocycles. The number of nitrogens with zero attached hydrogens (tertiary/aromatic N) is 5. The molecule has 1 aliphatic rings. The SMILES string of the molecule is Cc1noc([C@@H]2CCCN2Cc2ccc(OCCn3ccnc3)cc2)n1. The fraction of sp³-hybridized carbons (Fsp3) is 0.421. The summed E-state index contributed by atoms with van der Waals surface area (Å²) in [4.78, 5) is 10.8. The standard InChI is InChI=1S/C19H23N5O2/c1-15-21-19(26-22-15)18-3-2-9-24(18)13-16-4-6-17(7-5-16)25-12-11-23-10-8-20-14-23/h4-8,10,14,18H,2-3,9,11-13H2,1H3/t18-/m0/s1. The predicted molar refractivity (Wildman–Crippen MR) is 95.6 cm³/mol. The number of aromatic nitrogens is 4. The van der Waals surface area contributed by atoms with Crippen LogP contribution in [0.25, 0.3) is 0 Å². The molecule has 1 fully saturated rings. The highest BCUT2D eigenvalue weighted by Crippen LogP contribution is 2.32. The van der Waals surface area contributed by atoms with Crippen LogP contribution in [-0.2, 0) is 13.1 Å². The van der Waals surface area contributed by atoms with Crippen LogP contribution in [0.3, 0.4) is 0 Å². The van der Waals surface area contributed by atoms with Gasteiger partial charge in [-0.15, -0.1) is 0 Å². The molecule has 1 aromatic carbocycles. The van der Waals surface area contributed by atoms with Gasteiger partial charge in [0, 0.05) is 18.9 Å². The number of hydrogen-bond acceptors (Lipinski definition) is 6. The van der Waals surface area contributed by atoms with E-state index in [1.165, 1.54) is 5.56 Å². The summed E-state index contributed by atoms with van der Waals surface area (Å²) < 4.78 is 13.2. The smallest absolute Gasteiger partial charge is 0.243 e. The summed E-state index contributed by atoms with van der Waals surface area (Å²) in [6.45, 7) is 5.20. The highest BCUT2D eigenvalue weighted by atomic mass is 16.5. The minimum atomic E-state index is 0.224. The van der Waals surface area contributed by atoms with Crippen molar-refractivity contribution in [1.82, 2.24) is 24.6 Å². The number of ether oxygens (including phenoxy) is 1. The average Bonchev–Trinajstić information content (AvgIpc) is 3.38. The molecule has 0 aliphatic carbocycles. The van der Waals surface area contributed by atoms with E-state index in [0.717, 1.165) is 44.1 Å². The topological polar surface area (TPSA) is 69.2 Å². The molecule has 3 aromatic rings. The lowest BCUT2D eigenvalue weighted by Crippen LogP contribution is -2.23. The zero-order chi connectivity index (χ0) is 17.8. The summed E-state index contributed by atoms with van der Waals surface area (Å²) in [7, 11) is 0. The van der Waals surface area contributed by atoms with Gasteiger partial charge in [0.15, 0.2) is 5.82 Å². The van der Waals surface area contributed by atoms with Crippen LogP contribution in [0.5, 0.6) is 5.75 Å². The van der Waals surface area contributed by atoms with Crippen LogP contribution in [-0.4, -0.2) is 37.7 Å². The molecule has 0 bridgehead atoms. The van der Waals surface area contributed by atoms with Gasteiger partial charge >= 0.3 is 0 Å². The summed E-state index contributed by atoms with van der Waals surface area (Å²) in [5.41, 5.74) is 1.26. The van der Waals surface area contributed by atoms with Crippen molar-refractivity contribution in [2.45, 2.75) is 38.9 Å². The molecule has 7 heteroatoms. The van der Waals surface area contributed by atoms with Gasteiger partial charge in [-0.3, -0.25) is 4.90 Å². The first-order valence-corrected chi connectivity index (χ1v) is 9.00. The zero-order valence-corrected chi connectivity index (χ0v) is 14.9. The van der Waals surface area contributed by atoms with Gasteiger partial charge in [-0.2, -0.15) is 4.98 Å². The number of rotatable bonds is 7. The van der Waals surface area contributed by atoms with E-state index in [9.17, 15) is 0 Å².